The van der Waals surface area contributed by atoms with Crippen molar-refractivity contribution in [3.05, 3.63) is 53.9 Å². The number of carbonyl (C=O) groups is 1. The van der Waals surface area contributed by atoms with Gasteiger partial charge in [-0.05, 0) is 56.2 Å². The Kier molecular flexibility index (Phi) is 4.32. The normalized spacial score (nSPS) is 10.5. The number of Topliss-reactive ketones (excluding diaryl/α,β-unsaturated/α-hetero) is 1. The maximum Gasteiger partial charge on any atom is 0.168 e. The minimum Gasteiger partial charge on any atom is -0.294 e. The summed E-state index contributed by atoms with van der Waals surface area (Å²) in [5.41, 5.74) is 1.37. The molecule has 0 saturated heterocycles. The van der Waals surface area contributed by atoms with Gasteiger partial charge in [0, 0.05) is 17.4 Å². The van der Waals surface area contributed by atoms with E-state index in [4.69, 9.17) is 0 Å². The van der Waals surface area contributed by atoms with Crippen LogP contribution in [0, 0.1) is 8.70 Å². The van der Waals surface area contributed by atoms with Gasteiger partial charge in [-0.15, -0.1) is 11.3 Å². The second-order valence-corrected chi connectivity index (χ2v) is 7.05. The van der Waals surface area contributed by atoms with E-state index >= 15 is 0 Å². The third kappa shape index (κ3) is 3.14. The summed E-state index contributed by atoms with van der Waals surface area (Å²) >= 11 is 6.87. The van der Waals surface area contributed by atoms with Crippen molar-refractivity contribution < 1.29 is 9.18 Å². The minimum absolute atomic E-state index is 0.00969. The molecule has 2 aromatic rings. The van der Waals surface area contributed by atoms with Gasteiger partial charge < -0.3 is 0 Å². The predicted octanol–water partition coefficient (Wildman–Crippen LogP) is 4.68. The molecule has 0 unspecified atom stereocenters. The maximum absolute atomic E-state index is 13.3. The van der Waals surface area contributed by atoms with Crippen LogP contribution in [0.2, 0.25) is 0 Å². The Morgan fingerprint density at radius 3 is 2.88 bits per heavy atom. The SMILES string of the molecule is O=C(Cc1cccc(F)c1Br)c1csc(I)c1. The van der Waals surface area contributed by atoms with Gasteiger partial charge >= 0.3 is 0 Å². The molecule has 0 radical (unpaired) electrons. The number of hydrogen-bond acceptors (Lipinski definition) is 2. The minimum atomic E-state index is -0.338. The van der Waals surface area contributed by atoms with Crippen molar-refractivity contribution in [2.24, 2.45) is 0 Å². The van der Waals surface area contributed by atoms with Gasteiger partial charge in [0.25, 0.3) is 0 Å². The number of carbonyl (C=O) groups excluding carboxylic acids is 1. The van der Waals surface area contributed by atoms with Gasteiger partial charge in [-0.1, -0.05) is 12.1 Å². The first kappa shape index (κ1) is 13.2. The second-order valence-electron chi connectivity index (χ2n) is 3.45. The Morgan fingerprint density at radius 2 is 2.24 bits per heavy atom. The van der Waals surface area contributed by atoms with E-state index in [-0.39, 0.29) is 18.0 Å². The third-order valence-electron chi connectivity index (χ3n) is 2.27. The van der Waals surface area contributed by atoms with E-state index in [9.17, 15) is 9.18 Å². The highest BCUT2D eigenvalue weighted by Gasteiger charge is 2.12. The number of benzene rings is 1. The molecule has 0 amide bonds. The third-order valence-corrected chi connectivity index (χ3v) is 4.95. The van der Waals surface area contributed by atoms with E-state index in [0.717, 1.165) is 2.88 Å². The molecule has 1 aromatic heterocycles. The van der Waals surface area contributed by atoms with Crippen molar-refractivity contribution in [2.75, 3.05) is 0 Å². The highest BCUT2D eigenvalue weighted by atomic mass is 127. The molecule has 1 aromatic carbocycles. The van der Waals surface area contributed by atoms with Crippen LogP contribution in [0.5, 0.6) is 0 Å². The van der Waals surface area contributed by atoms with Gasteiger partial charge in [0.1, 0.15) is 5.82 Å². The summed E-state index contributed by atoms with van der Waals surface area (Å²) < 4.78 is 14.7. The van der Waals surface area contributed by atoms with E-state index < -0.39 is 0 Å². The van der Waals surface area contributed by atoms with Crippen LogP contribution in [0.4, 0.5) is 4.39 Å². The van der Waals surface area contributed by atoms with Crippen LogP contribution in [0.15, 0.2) is 34.1 Å². The summed E-state index contributed by atoms with van der Waals surface area (Å²) in [6, 6.07) is 6.58. The van der Waals surface area contributed by atoms with E-state index in [2.05, 4.69) is 38.5 Å². The van der Waals surface area contributed by atoms with E-state index in [1.807, 2.05) is 11.4 Å². The lowest BCUT2D eigenvalue weighted by Crippen LogP contribution is -2.03. The Bertz CT molecular complexity index is 567. The topological polar surface area (TPSA) is 17.1 Å². The molecular weight excluding hydrogens is 418 g/mol. The molecule has 1 heterocycles. The smallest absolute Gasteiger partial charge is 0.168 e. The summed E-state index contributed by atoms with van der Waals surface area (Å²) in [5, 5.41) is 1.83. The number of ketones is 1. The van der Waals surface area contributed by atoms with E-state index in [0.29, 0.717) is 15.6 Å². The van der Waals surface area contributed by atoms with Gasteiger partial charge in [0.05, 0.1) is 7.36 Å². The van der Waals surface area contributed by atoms with E-state index in [1.54, 1.807) is 12.1 Å². The Morgan fingerprint density at radius 1 is 1.47 bits per heavy atom. The molecule has 0 fully saturated rings. The monoisotopic (exact) mass is 424 g/mol. The molecule has 1 nitrogen and oxygen atoms in total. The fourth-order valence-corrected chi connectivity index (χ4v) is 3.17. The summed E-state index contributed by atoms with van der Waals surface area (Å²) in [7, 11) is 0. The first-order chi connectivity index (χ1) is 8.08. The zero-order valence-corrected chi connectivity index (χ0v) is 13.1. The molecule has 0 bridgehead atoms. The molecule has 88 valence electrons. The summed E-state index contributed by atoms with van der Waals surface area (Å²) in [4.78, 5) is 12.0. The number of rotatable bonds is 3. The van der Waals surface area contributed by atoms with Crippen LogP contribution in [0.3, 0.4) is 0 Å². The Balaban J connectivity index is 2.21. The van der Waals surface area contributed by atoms with Crippen molar-refractivity contribution in [1.82, 2.24) is 0 Å². The molecule has 2 rings (SSSR count). The van der Waals surface area contributed by atoms with Gasteiger partial charge in [0.2, 0.25) is 0 Å². The zero-order chi connectivity index (χ0) is 12.4. The Hall–Kier alpha value is -0.270. The first-order valence-electron chi connectivity index (χ1n) is 4.78. The van der Waals surface area contributed by atoms with Crippen molar-refractivity contribution >= 4 is 55.6 Å². The lowest BCUT2D eigenvalue weighted by molar-refractivity contribution is 0.0993. The summed E-state index contributed by atoms with van der Waals surface area (Å²) in [6.07, 6.45) is 0.213. The summed E-state index contributed by atoms with van der Waals surface area (Å²) in [6.45, 7) is 0. The molecule has 0 spiro atoms. The highest BCUT2D eigenvalue weighted by Crippen LogP contribution is 2.23. The molecule has 0 aliphatic rings. The first-order valence-corrected chi connectivity index (χ1v) is 7.53. The second kappa shape index (κ2) is 5.58. The molecule has 0 aliphatic carbocycles. The van der Waals surface area contributed by atoms with Crippen LogP contribution >= 0.6 is 49.9 Å². The van der Waals surface area contributed by atoms with Crippen LogP contribution in [-0.2, 0) is 6.42 Å². The quantitative estimate of drug-likeness (QED) is 0.516. The van der Waals surface area contributed by atoms with Crippen molar-refractivity contribution in [3.63, 3.8) is 0 Å². The number of thiophene rings is 1. The van der Waals surface area contributed by atoms with Crippen molar-refractivity contribution in [1.29, 1.82) is 0 Å². The average Bonchev–Trinajstić information content (AvgIpc) is 2.72. The number of hydrogen-bond donors (Lipinski definition) is 0. The fraction of sp³-hybridized carbons (Fsp3) is 0.0833. The molecule has 0 atom stereocenters. The van der Waals surface area contributed by atoms with Gasteiger partial charge in [-0.2, -0.15) is 0 Å². The fourth-order valence-electron chi connectivity index (χ4n) is 1.42. The van der Waals surface area contributed by atoms with Crippen LogP contribution in [-0.4, -0.2) is 5.78 Å². The van der Waals surface area contributed by atoms with Crippen LogP contribution in [0.25, 0.3) is 0 Å². The summed E-state index contributed by atoms with van der Waals surface area (Å²) in [5.74, 6) is -0.328. The van der Waals surface area contributed by atoms with Gasteiger partial charge in [-0.3, -0.25) is 4.79 Å². The molecule has 0 aliphatic heterocycles. The van der Waals surface area contributed by atoms with Crippen molar-refractivity contribution in [2.45, 2.75) is 6.42 Å². The molecule has 0 saturated carbocycles. The maximum atomic E-state index is 13.3. The predicted molar refractivity (Wildman–Crippen MR) is 79.2 cm³/mol. The molecule has 17 heavy (non-hydrogen) atoms. The van der Waals surface area contributed by atoms with Crippen LogP contribution < -0.4 is 0 Å². The van der Waals surface area contributed by atoms with Gasteiger partial charge in [-0.25, -0.2) is 4.39 Å². The number of halogens is 3. The van der Waals surface area contributed by atoms with E-state index in [1.165, 1.54) is 17.4 Å². The zero-order valence-electron chi connectivity index (χ0n) is 8.54. The molecular formula is C12H7BrFIOS. The average molecular weight is 425 g/mol. The largest absolute Gasteiger partial charge is 0.294 e. The van der Waals surface area contributed by atoms with Crippen LogP contribution in [0.1, 0.15) is 15.9 Å². The van der Waals surface area contributed by atoms with Gasteiger partial charge in [0.15, 0.2) is 5.78 Å². The highest BCUT2D eigenvalue weighted by molar-refractivity contribution is 14.1. The molecule has 5 heteroatoms. The molecule has 0 N–H and O–H groups in total. The lowest BCUT2D eigenvalue weighted by Gasteiger charge is -2.03. The Labute approximate surface area is 124 Å². The van der Waals surface area contributed by atoms with Crippen molar-refractivity contribution in [3.8, 4) is 0 Å². The standard InChI is InChI=1S/C12H7BrFIOS/c13-12-7(2-1-3-9(12)14)4-10(16)8-5-11(15)17-6-8/h1-3,5-6H,4H2. The lowest BCUT2D eigenvalue weighted by atomic mass is 10.1.